The SMILES string of the molecule is Cl.FC(F)(F)CSC1=NC(c2ccc(Cl)cc2)C(c2ccc(Cl)cc2)N1. The van der Waals surface area contributed by atoms with Gasteiger partial charge in [0.05, 0.1) is 11.8 Å². The Morgan fingerprint density at radius 2 is 1.42 bits per heavy atom. The van der Waals surface area contributed by atoms with E-state index in [9.17, 15) is 13.2 Å². The summed E-state index contributed by atoms with van der Waals surface area (Å²) in [6, 6.07) is 13.7. The van der Waals surface area contributed by atoms with Gasteiger partial charge in [0.25, 0.3) is 0 Å². The molecule has 0 bridgehead atoms. The number of nitrogens with zero attached hydrogens (tertiary/aromatic N) is 1. The average molecular weight is 442 g/mol. The van der Waals surface area contributed by atoms with Crippen molar-refractivity contribution in [1.82, 2.24) is 5.32 Å². The van der Waals surface area contributed by atoms with Crippen molar-refractivity contribution < 1.29 is 13.2 Å². The van der Waals surface area contributed by atoms with Crippen molar-refractivity contribution in [3.05, 3.63) is 69.7 Å². The summed E-state index contributed by atoms with van der Waals surface area (Å²) in [6.07, 6.45) is -4.25. The molecule has 1 N–H and O–H groups in total. The summed E-state index contributed by atoms with van der Waals surface area (Å²) in [5.41, 5.74) is 1.77. The van der Waals surface area contributed by atoms with Gasteiger partial charge in [-0.1, -0.05) is 59.2 Å². The Morgan fingerprint density at radius 3 is 1.92 bits per heavy atom. The number of alkyl halides is 3. The maximum absolute atomic E-state index is 12.5. The Hall–Kier alpha value is -1.08. The lowest BCUT2D eigenvalue weighted by molar-refractivity contribution is -0.105. The van der Waals surface area contributed by atoms with Crippen molar-refractivity contribution in [2.75, 3.05) is 5.75 Å². The van der Waals surface area contributed by atoms with Gasteiger partial charge in [0.1, 0.15) is 6.04 Å². The third-order valence-corrected chi connectivity index (χ3v) is 5.14. The second-order valence-electron chi connectivity index (χ2n) is 5.51. The molecule has 1 aliphatic rings. The van der Waals surface area contributed by atoms with E-state index in [2.05, 4.69) is 10.3 Å². The van der Waals surface area contributed by atoms with Gasteiger partial charge in [0, 0.05) is 10.0 Å². The molecule has 0 fully saturated rings. The van der Waals surface area contributed by atoms with E-state index in [4.69, 9.17) is 23.2 Å². The summed E-state index contributed by atoms with van der Waals surface area (Å²) in [6.45, 7) is 0. The predicted octanol–water partition coefficient (Wildman–Crippen LogP) is 6.45. The number of hydrogen-bond acceptors (Lipinski definition) is 3. The molecular weight excluding hydrogens is 428 g/mol. The highest BCUT2D eigenvalue weighted by Gasteiger charge is 2.34. The van der Waals surface area contributed by atoms with Crippen LogP contribution in [0.15, 0.2) is 53.5 Å². The number of amidine groups is 1. The molecule has 0 saturated heterocycles. The Kier molecular flexibility index (Phi) is 7.13. The zero-order valence-electron chi connectivity index (χ0n) is 13.1. The predicted molar refractivity (Wildman–Crippen MR) is 105 cm³/mol. The quantitative estimate of drug-likeness (QED) is 0.592. The van der Waals surface area contributed by atoms with Crippen LogP contribution in [0.2, 0.25) is 10.0 Å². The van der Waals surface area contributed by atoms with Gasteiger partial charge in [-0.3, -0.25) is 4.99 Å². The number of aliphatic imine (C=N–C) groups is 1. The Morgan fingerprint density at radius 1 is 0.923 bits per heavy atom. The first-order valence-electron chi connectivity index (χ1n) is 7.37. The fraction of sp³-hybridized carbons (Fsp3) is 0.235. The second kappa shape index (κ2) is 8.74. The van der Waals surface area contributed by atoms with Crippen LogP contribution in [-0.2, 0) is 0 Å². The van der Waals surface area contributed by atoms with Gasteiger partial charge in [-0.2, -0.15) is 13.2 Å². The standard InChI is InChI=1S/C17H13Cl2F3N2S.ClH/c18-12-5-1-10(2-6-12)14-15(11-3-7-13(19)8-4-11)24-16(23-14)25-9-17(20,21)22;/h1-8,14-15H,9H2,(H,23,24);1H. The van der Waals surface area contributed by atoms with Gasteiger partial charge < -0.3 is 5.32 Å². The van der Waals surface area contributed by atoms with E-state index in [0.717, 1.165) is 11.1 Å². The molecule has 3 rings (SSSR count). The van der Waals surface area contributed by atoms with Gasteiger partial charge in [-0.05, 0) is 35.4 Å². The molecule has 0 amide bonds. The lowest BCUT2D eigenvalue weighted by Gasteiger charge is -2.19. The molecule has 2 aromatic carbocycles. The van der Waals surface area contributed by atoms with Crippen molar-refractivity contribution in [2.24, 2.45) is 4.99 Å². The van der Waals surface area contributed by atoms with Crippen molar-refractivity contribution in [1.29, 1.82) is 0 Å². The molecule has 0 aliphatic carbocycles. The summed E-state index contributed by atoms with van der Waals surface area (Å²) in [7, 11) is 0. The summed E-state index contributed by atoms with van der Waals surface area (Å²) in [4.78, 5) is 4.46. The molecule has 1 aliphatic heterocycles. The molecule has 2 atom stereocenters. The molecule has 2 nitrogen and oxygen atoms in total. The monoisotopic (exact) mass is 440 g/mol. The summed E-state index contributed by atoms with van der Waals surface area (Å²) in [5.74, 6) is -0.987. The number of thioether (sulfide) groups is 1. The van der Waals surface area contributed by atoms with Crippen LogP contribution in [-0.4, -0.2) is 17.1 Å². The van der Waals surface area contributed by atoms with Crippen LogP contribution < -0.4 is 5.32 Å². The van der Waals surface area contributed by atoms with Crippen LogP contribution in [0.3, 0.4) is 0 Å². The third kappa shape index (κ3) is 5.46. The lowest BCUT2D eigenvalue weighted by atomic mass is 9.95. The zero-order valence-corrected chi connectivity index (χ0v) is 16.3. The Labute approximate surface area is 169 Å². The van der Waals surface area contributed by atoms with E-state index < -0.39 is 11.9 Å². The first-order chi connectivity index (χ1) is 11.8. The van der Waals surface area contributed by atoms with Crippen LogP contribution in [0.4, 0.5) is 13.2 Å². The Balaban J connectivity index is 0.00000243. The maximum Gasteiger partial charge on any atom is 0.398 e. The second-order valence-corrected chi connectivity index (χ2v) is 7.34. The molecule has 2 unspecified atom stereocenters. The number of halogens is 6. The highest BCUT2D eigenvalue weighted by molar-refractivity contribution is 8.13. The zero-order chi connectivity index (χ0) is 18.0. The van der Waals surface area contributed by atoms with Crippen LogP contribution in [0.1, 0.15) is 23.2 Å². The highest BCUT2D eigenvalue weighted by atomic mass is 35.5. The summed E-state index contributed by atoms with van der Waals surface area (Å²) < 4.78 is 37.5. The smallest absolute Gasteiger partial charge is 0.356 e. The highest BCUT2D eigenvalue weighted by Crippen LogP contribution is 2.39. The minimum atomic E-state index is -4.25. The molecule has 140 valence electrons. The van der Waals surface area contributed by atoms with Crippen molar-refractivity contribution >= 4 is 52.5 Å². The van der Waals surface area contributed by atoms with Crippen LogP contribution in [0.25, 0.3) is 0 Å². The topological polar surface area (TPSA) is 24.4 Å². The third-order valence-electron chi connectivity index (χ3n) is 3.66. The maximum atomic E-state index is 12.5. The fourth-order valence-electron chi connectivity index (χ4n) is 2.54. The minimum Gasteiger partial charge on any atom is -0.356 e. The molecule has 1 heterocycles. The minimum absolute atomic E-state index is 0. The van der Waals surface area contributed by atoms with E-state index in [-0.39, 0.29) is 29.7 Å². The molecule has 26 heavy (non-hydrogen) atoms. The summed E-state index contributed by atoms with van der Waals surface area (Å²) >= 11 is 12.5. The largest absolute Gasteiger partial charge is 0.398 e. The van der Waals surface area contributed by atoms with E-state index in [1.54, 1.807) is 24.3 Å². The van der Waals surface area contributed by atoms with Gasteiger partial charge in [-0.25, -0.2) is 0 Å². The van der Waals surface area contributed by atoms with E-state index >= 15 is 0 Å². The van der Waals surface area contributed by atoms with Crippen LogP contribution in [0, 0.1) is 0 Å². The van der Waals surface area contributed by atoms with E-state index in [1.165, 1.54) is 0 Å². The molecule has 0 spiro atoms. The van der Waals surface area contributed by atoms with Crippen LogP contribution in [0.5, 0.6) is 0 Å². The van der Waals surface area contributed by atoms with Gasteiger partial charge in [0.15, 0.2) is 5.17 Å². The number of rotatable bonds is 3. The van der Waals surface area contributed by atoms with Crippen molar-refractivity contribution in [2.45, 2.75) is 18.3 Å². The first-order valence-corrected chi connectivity index (χ1v) is 9.11. The van der Waals surface area contributed by atoms with Gasteiger partial charge in [-0.15, -0.1) is 12.4 Å². The average Bonchev–Trinajstić information content (AvgIpc) is 2.98. The normalized spacial score (nSPS) is 19.5. The number of nitrogens with one attached hydrogen (secondary N) is 1. The molecule has 0 saturated carbocycles. The first kappa shape index (κ1) is 21.2. The fourth-order valence-corrected chi connectivity index (χ4v) is 3.49. The van der Waals surface area contributed by atoms with E-state index in [1.807, 2.05) is 24.3 Å². The number of hydrogen-bond donors (Lipinski definition) is 1. The van der Waals surface area contributed by atoms with Crippen LogP contribution >= 0.6 is 47.4 Å². The van der Waals surface area contributed by atoms with Gasteiger partial charge in [0.2, 0.25) is 0 Å². The van der Waals surface area contributed by atoms with Crippen molar-refractivity contribution in [3.8, 4) is 0 Å². The lowest BCUT2D eigenvalue weighted by Crippen LogP contribution is -2.24. The Bertz CT molecular complexity index is 764. The summed E-state index contributed by atoms with van der Waals surface area (Å²) in [5, 5.41) is 4.56. The van der Waals surface area contributed by atoms with E-state index in [0.29, 0.717) is 21.8 Å². The molecular formula is C17H14Cl3F3N2S. The molecule has 0 aromatic heterocycles. The van der Waals surface area contributed by atoms with Gasteiger partial charge >= 0.3 is 6.18 Å². The molecule has 0 radical (unpaired) electrons. The molecule has 2 aromatic rings. The molecule has 9 heteroatoms. The number of benzene rings is 2. The van der Waals surface area contributed by atoms with Crippen molar-refractivity contribution in [3.63, 3.8) is 0 Å².